The lowest BCUT2D eigenvalue weighted by atomic mass is 10.3. The number of carbonyl (C=O) groups excluding carboxylic acids is 1. The third-order valence-electron chi connectivity index (χ3n) is 4.51. The average Bonchev–Trinajstić information content (AvgIpc) is 2.65. The molecule has 0 fully saturated rings. The molecular weight excluding hydrogens is 362 g/mol. The van der Waals surface area contributed by atoms with Crippen molar-refractivity contribution in [1.29, 1.82) is 0 Å². The number of rotatable bonds is 9. The Balaban J connectivity index is 2.47. The van der Waals surface area contributed by atoms with Gasteiger partial charge in [-0.3, -0.25) is 24.0 Å². The summed E-state index contributed by atoms with van der Waals surface area (Å²) in [5, 5.41) is 0. The topological polar surface area (TPSA) is 114 Å². The number of hydrogen-bond donors (Lipinski definition) is 2. The maximum absolute atomic E-state index is 13.0. The van der Waals surface area contributed by atoms with Crippen molar-refractivity contribution in [2.24, 2.45) is 0 Å². The number of methoxy groups -OCH3 is 1. The van der Waals surface area contributed by atoms with Gasteiger partial charge in [-0.25, -0.2) is 4.79 Å². The van der Waals surface area contributed by atoms with Gasteiger partial charge in [0, 0.05) is 39.3 Å². The second kappa shape index (κ2) is 9.84. The van der Waals surface area contributed by atoms with Crippen LogP contribution < -0.4 is 26.4 Å². The van der Waals surface area contributed by atoms with Crippen LogP contribution in [0.3, 0.4) is 0 Å². The number of aromatic nitrogens is 3. The lowest BCUT2D eigenvalue weighted by Crippen LogP contribution is -2.49. The molecule has 9 nitrogen and oxygen atoms in total. The van der Waals surface area contributed by atoms with Crippen LogP contribution >= 0.6 is 0 Å². The van der Waals surface area contributed by atoms with Crippen LogP contribution in [0, 0.1) is 6.92 Å². The summed E-state index contributed by atoms with van der Waals surface area (Å²) in [6, 6.07) is 5.59. The molecule has 0 aliphatic rings. The highest BCUT2D eigenvalue weighted by atomic mass is 16.5. The summed E-state index contributed by atoms with van der Waals surface area (Å²) in [7, 11) is 1.51. The average molecular weight is 390 g/mol. The Hall–Kier alpha value is -2.94. The second-order valence-electron chi connectivity index (χ2n) is 6.51. The van der Waals surface area contributed by atoms with Crippen molar-refractivity contribution in [3.63, 3.8) is 0 Å². The zero-order valence-electron chi connectivity index (χ0n) is 16.6. The minimum atomic E-state index is -0.686. The van der Waals surface area contributed by atoms with Crippen LogP contribution in [-0.2, 0) is 22.6 Å². The fourth-order valence-corrected chi connectivity index (χ4v) is 2.89. The maximum Gasteiger partial charge on any atom is 0.330 e. The molecule has 0 aliphatic carbocycles. The zero-order valence-corrected chi connectivity index (χ0v) is 16.6. The third-order valence-corrected chi connectivity index (χ3v) is 4.51. The fraction of sp³-hybridized carbons (Fsp3) is 0.474. The van der Waals surface area contributed by atoms with Gasteiger partial charge in [-0.2, -0.15) is 4.57 Å². The van der Waals surface area contributed by atoms with Crippen LogP contribution in [0.25, 0.3) is 0 Å². The molecule has 0 saturated carbocycles. The summed E-state index contributed by atoms with van der Waals surface area (Å²) in [4.78, 5) is 41.3. The lowest BCUT2D eigenvalue weighted by Gasteiger charge is -2.23. The summed E-state index contributed by atoms with van der Waals surface area (Å²) < 4.78 is 8.17. The van der Waals surface area contributed by atoms with Crippen molar-refractivity contribution in [2.45, 2.75) is 39.8 Å². The van der Waals surface area contributed by atoms with Crippen molar-refractivity contribution >= 4 is 17.4 Å². The van der Waals surface area contributed by atoms with Gasteiger partial charge in [0.15, 0.2) is 17.6 Å². The number of hydrogen-bond acceptors (Lipinski definition) is 5. The second-order valence-corrected chi connectivity index (χ2v) is 6.51. The molecule has 3 N–H and O–H groups in total. The number of nitrogens with two attached hydrogens (primary N) is 1. The highest BCUT2D eigenvalue weighted by Crippen LogP contribution is 2.17. The molecule has 2 rings (SSSR count). The van der Waals surface area contributed by atoms with E-state index in [2.05, 4.69) is 4.98 Å². The van der Waals surface area contributed by atoms with Crippen LogP contribution in [0.15, 0.2) is 34.0 Å². The van der Waals surface area contributed by atoms with Crippen LogP contribution in [-0.4, -0.2) is 35.7 Å². The quantitative estimate of drug-likeness (QED) is 0.594. The van der Waals surface area contributed by atoms with E-state index in [-0.39, 0.29) is 37.1 Å². The van der Waals surface area contributed by atoms with Crippen molar-refractivity contribution in [3.05, 3.63) is 50.9 Å². The number of nitrogens with one attached hydrogen (secondary N) is 1. The van der Waals surface area contributed by atoms with E-state index < -0.39 is 11.2 Å². The van der Waals surface area contributed by atoms with Crippen LogP contribution in [0.1, 0.15) is 25.5 Å². The molecule has 0 spiro atoms. The van der Waals surface area contributed by atoms with E-state index in [1.54, 1.807) is 10.8 Å². The smallest absolute Gasteiger partial charge is 0.330 e. The van der Waals surface area contributed by atoms with Crippen molar-refractivity contribution in [3.8, 4) is 0 Å². The van der Waals surface area contributed by atoms with Crippen molar-refractivity contribution in [2.75, 3.05) is 30.9 Å². The zero-order chi connectivity index (χ0) is 20.7. The van der Waals surface area contributed by atoms with Gasteiger partial charge in [-0.05, 0) is 6.42 Å². The van der Waals surface area contributed by atoms with E-state index in [1.165, 1.54) is 16.6 Å². The molecule has 152 valence electrons. The predicted octanol–water partition coefficient (Wildman–Crippen LogP) is 0.194. The molecule has 1 amide bonds. The SMILES string of the molecule is CCCCn1c(N)c(N(CCOC)C(=O)C[n+]2ccccc2C)c(=O)[nH]c1=O. The number of carbonyl (C=O) groups is 1. The highest BCUT2D eigenvalue weighted by molar-refractivity contribution is 5.94. The first kappa shape index (κ1) is 21.4. The van der Waals surface area contributed by atoms with E-state index >= 15 is 0 Å². The Bertz CT molecular complexity index is 935. The van der Waals surface area contributed by atoms with Gasteiger partial charge in [0.2, 0.25) is 6.54 Å². The standard InChI is InChI=1S/C19H27N5O4/c1-4-5-10-24-17(20)16(18(26)21-19(24)27)23(11-12-28-3)15(25)13-22-9-7-6-8-14(22)2/h6-9H,4-5,10-13H2,1-3H3,(H2-,20,21,26,27)/p+1. The number of pyridine rings is 1. The molecule has 2 heterocycles. The number of amides is 1. The summed E-state index contributed by atoms with van der Waals surface area (Å²) in [6.45, 7) is 4.63. The molecule has 0 saturated heterocycles. The van der Waals surface area contributed by atoms with Gasteiger partial charge in [-0.1, -0.05) is 19.4 Å². The van der Waals surface area contributed by atoms with Gasteiger partial charge < -0.3 is 10.5 Å². The number of H-pyrrole nitrogens is 1. The summed E-state index contributed by atoms with van der Waals surface area (Å²) >= 11 is 0. The van der Waals surface area contributed by atoms with Crippen LogP contribution in [0.4, 0.5) is 11.5 Å². The Morgan fingerprint density at radius 1 is 1.36 bits per heavy atom. The van der Waals surface area contributed by atoms with E-state index in [1.807, 2.05) is 32.0 Å². The van der Waals surface area contributed by atoms with E-state index in [9.17, 15) is 14.4 Å². The predicted molar refractivity (Wildman–Crippen MR) is 106 cm³/mol. The Morgan fingerprint density at radius 2 is 2.11 bits per heavy atom. The molecule has 9 heteroatoms. The molecule has 2 aromatic rings. The van der Waals surface area contributed by atoms with E-state index in [0.717, 1.165) is 18.5 Å². The monoisotopic (exact) mass is 390 g/mol. The minimum Gasteiger partial charge on any atom is -0.383 e. The number of nitrogens with zero attached hydrogens (tertiary/aromatic N) is 3. The molecule has 0 aliphatic heterocycles. The van der Waals surface area contributed by atoms with Gasteiger partial charge >= 0.3 is 5.69 Å². The molecule has 0 unspecified atom stereocenters. The molecule has 0 aromatic carbocycles. The van der Waals surface area contributed by atoms with Crippen molar-refractivity contribution < 1.29 is 14.1 Å². The fourth-order valence-electron chi connectivity index (χ4n) is 2.89. The molecule has 0 bridgehead atoms. The summed E-state index contributed by atoms with van der Waals surface area (Å²) in [6.07, 6.45) is 3.37. The number of nitrogen functional groups attached to an aromatic ring is 1. The highest BCUT2D eigenvalue weighted by Gasteiger charge is 2.26. The first-order valence-electron chi connectivity index (χ1n) is 9.27. The van der Waals surface area contributed by atoms with Gasteiger partial charge in [-0.15, -0.1) is 0 Å². The minimum absolute atomic E-state index is 0.0126. The largest absolute Gasteiger partial charge is 0.383 e. The van der Waals surface area contributed by atoms with Gasteiger partial charge in [0.05, 0.1) is 6.61 Å². The van der Waals surface area contributed by atoms with Crippen LogP contribution in [0.5, 0.6) is 0 Å². The molecule has 2 aromatic heterocycles. The van der Waals surface area contributed by atoms with Crippen LogP contribution in [0.2, 0.25) is 0 Å². The third kappa shape index (κ3) is 4.86. The molecule has 0 radical (unpaired) electrons. The molecular formula is C19H28N5O4+. The Morgan fingerprint density at radius 3 is 2.75 bits per heavy atom. The van der Waals surface area contributed by atoms with E-state index in [4.69, 9.17) is 10.5 Å². The Labute approximate surface area is 163 Å². The summed E-state index contributed by atoms with van der Waals surface area (Å²) in [5.74, 6) is -0.337. The van der Waals surface area contributed by atoms with Gasteiger partial charge in [0.1, 0.15) is 5.82 Å². The first-order chi connectivity index (χ1) is 13.4. The van der Waals surface area contributed by atoms with Gasteiger partial charge in [0.25, 0.3) is 11.5 Å². The Kier molecular flexibility index (Phi) is 7.51. The number of unbranched alkanes of at least 4 members (excludes halogenated alkanes) is 1. The van der Waals surface area contributed by atoms with E-state index in [0.29, 0.717) is 6.54 Å². The van der Waals surface area contributed by atoms with Crippen molar-refractivity contribution in [1.82, 2.24) is 9.55 Å². The summed E-state index contributed by atoms with van der Waals surface area (Å²) in [5.41, 5.74) is 5.78. The number of anilines is 2. The number of aryl methyl sites for hydroxylation is 1. The number of ether oxygens (including phenoxy) is 1. The maximum atomic E-state index is 13.0. The number of aromatic amines is 1. The lowest BCUT2D eigenvalue weighted by molar-refractivity contribution is -0.690. The molecule has 28 heavy (non-hydrogen) atoms. The molecule has 0 atom stereocenters. The first-order valence-corrected chi connectivity index (χ1v) is 9.27. The normalized spacial score (nSPS) is 10.8.